The molecule has 1 atom stereocenters. The quantitative estimate of drug-likeness (QED) is 0.694. The Morgan fingerprint density at radius 1 is 1.26 bits per heavy atom. The molecule has 7 heteroatoms. The standard InChI is InChI=1S/C16H17IN2O3S/c1-8-10(3)23-16(13(8)14(18)20)19-15(21)9(2)22-12-6-4-11(17)5-7-12/h4-7,9H,1-3H3,(H2,18,20)(H,19,21)/t9-/m0/s1. The van der Waals surface area contributed by atoms with Gasteiger partial charge in [-0.25, -0.2) is 0 Å². The fourth-order valence-corrected chi connectivity index (χ4v) is 3.42. The molecule has 0 fully saturated rings. The van der Waals surface area contributed by atoms with Gasteiger partial charge in [0.15, 0.2) is 6.10 Å². The van der Waals surface area contributed by atoms with E-state index in [1.807, 2.05) is 26.0 Å². The van der Waals surface area contributed by atoms with E-state index in [4.69, 9.17) is 10.5 Å². The molecule has 0 spiro atoms. The Balaban J connectivity index is 2.11. The largest absolute Gasteiger partial charge is 0.481 e. The second-order valence-electron chi connectivity index (χ2n) is 5.05. The van der Waals surface area contributed by atoms with Crippen molar-refractivity contribution in [1.29, 1.82) is 0 Å². The minimum Gasteiger partial charge on any atom is -0.481 e. The van der Waals surface area contributed by atoms with Gasteiger partial charge in [-0.2, -0.15) is 0 Å². The molecule has 5 nitrogen and oxygen atoms in total. The van der Waals surface area contributed by atoms with Gasteiger partial charge in [-0.15, -0.1) is 11.3 Å². The lowest BCUT2D eigenvalue weighted by atomic mass is 10.1. The zero-order valence-corrected chi connectivity index (χ0v) is 15.9. The van der Waals surface area contributed by atoms with Crippen LogP contribution in [-0.2, 0) is 4.79 Å². The number of benzene rings is 1. The molecular formula is C16H17IN2O3S. The summed E-state index contributed by atoms with van der Waals surface area (Å²) < 4.78 is 6.70. The second kappa shape index (κ2) is 7.31. The van der Waals surface area contributed by atoms with Crippen LogP contribution in [0.15, 0.2) is 24.3 Å². The first-order chi connectivity index (χ1) is 10.8. The van der Waals surface area contributed by atoms with Gasteiger partial charge in [0, 0.05) is 8.45 Å². The summed E-state index contributed by atoms with van der Waals surface area (Å²) in [4.78, 5) is 24.8. The predicted octanol–water partition coefficient (Wildman–Crippen LogP) is 3.47. The molecule has 23 heavy (non-hydrogen) atoms. The van der Waals surface area contributed by atoms with Crippen molar-refractivity contribution < 1.29 is 14.3 Å². The van der Waals surface area contributed by atoms with E-state index in [9.17, 15) is 9.59 Å². The van der Waals surface area contributed by atoms with Gasteiger partial charge < -0.3 is 15.8 Å². The highest BCUT2D eigenvalue weighted by molar-refractivity contribution is 14.1. The van der Waals surface area contributed by atoms with E-state index < -0.39 is 12.0 Å². The van der Waals surface area contributed by atoms with Crippen molar-refractivity contribution in [2.75, 3.05) is 5.32 Å². The molecule has 1 heterocycles. The van der Waals surface area contributed by atoms with Crippen molar-refractivity contribution in [2.45, 2.75) is 26.9 Å². The molecule has 2 aromatic rings. The Morgan fingerprint density at radius 2 is 1.87 bits per heavy atom. The molecule has 3 N–H and O–H groups in total. The Morgan fingerprint density at radius 3 is 2.43 bits per heavy atom. The average molecular weight is 444 g/mol. The van der Waals surface area contributed by atoms with Crippen molar-refractivity contribution in [3.05, 3.63) is 43.8 Å². The third-order valence-electron chi connectivity index (χ3n) is 3.36. The molecule has 1 aromatic heterocycles. The number of ether oxygens (including phenoxy) is 1. The Kier molecular flexibility index (Phi) is 5.64. The van der Waals surface area contributed by atoms with Gasteiger partial charge in [-0.05, 0) is 73.2 Å². The van der Waals surface area contributed by atoms with E-state index >= 15 is 0 Å². The van der Waals surface area contributed by atoms with E-state index in [-0.39, 0.29) is 5.91 Å². The van der Waals surface area contributed by atoms with Gasteiger partial charge in [0.05, 0.1) is 5.56 Å². The molecule has 1 aromatic carbocycles. The number of aryl methyl sites for hydroxylation is 1. The van der Waals surface area contributed by atoms with Crippen molar-refractivity contribution in [2.24, 2.45) is 5.73 Å². The zero-order chi connectivity index (χ0) is 17.1. The maximum Gasteiger partial charge on any atom is 0.265 e. The van der Waals surface area contributed by atoms with Crippen LogP contribution < -0.4 is 15.8 Å². The van der Waals surface area contributed by atoms with Crippen LogP contribution in [0, 0.1) is 17.4 Å². The number of carbonyl (C=O) groups excluding carboxylic acids is 2. The summed E-state index contributed by atoms with van der Waals surface area (Å²) in [5.41, 5.74) is 6.56. The summed E-state index contributed by atoms with van der Waals surface area (Å²) in [5.74, 6) is -0.262. The van der Waals surface area contributed by atoms with Crippen LogP contribution in [0.1, 0.15) is 27.7 Å². The number of nitrogens with one attached hydrogen (secondary N) is 1. The normalized spacial score (nSPS) is 11.8. The highest BCUT2D eigenvalue weighted by Crippen LogP contribution is 2.32. The molecule has 0 unspecified atom stereocenters. The molecule has 0 radical (unpaired) electrons. The van der Waals surface area contributed by atoms with Crippen molar-refractivity contribution in [3.63, 3.8) is 0 Å². The summed E-state index contributed by atoms with van der Waals surface area (Å²) in [5, 5.41) is 3.21. The Bertz CT molecular complexity index is 741. The minimum absolute atomic E-state index is 0.327. The summed E-state index contributed by atoms with van der Waals surface area (Å²) in [7, 11) is 0. The summed E-state index contributed by atoms with van der Waals surface area (Å²) in [6, 6.07) is 7.41. The fourth-order valence-electron chi connectivity index (χ4n) is 2.00. The third kappa shape index (κ3) is 4.23. The first kappa shape index (κ1) is 17.7. The van der Waals surface area contributed by atoms with Crippen molar-refractivity contribution >= 4 is 50.7 Å². The van der Waals surface area contributed by atoms with Gasteiger partial charge in [0.2, 0.25) is 0 Å². The van der Waals surface area contributed by atoms with Crippen molar-refractivity contribution in [1.82, 2.24) is 0 Å². The van der Waals surface area contributed by atoms with Gasteiger partial charge >= 0.3 is 0 Å². The number of halogens is 1. The third-order valence-corrected chi connectivity index (χ3v) is 5.21. The first-order valence-electron chi connectivity index (χ1n) is 6.92. The van der Waals surface area contributed by atoms with E-state index in [2.05, 4.69) is 27.9 Å². The molecule has 0 aliphatic heterocycles. The number of hydrogen-bond donors (Lipinski definition) is 2. The zero-order valence-electron chi connectivity index (χ0n) is 13.0. The SMILES string of the molecule is Cc1sc(NC(=O)[C@H](C)Oc2ccc(I)cc2)c(C(N)=O)c1C. The number of carbonyl (C=O) groups is 2. The van der Waals surface area contributed by atoms with Crippen LogP contribution in [0.2, 0.25) is 0 Å². The van der Waals surface area contributed by atoms with Crippen LogP contribution in [0.3, 0.4) is 0 Å². The van der Waals surface area contributed by atoms with Gasteiger partial charge in [-0.1, -0.05) is 0 Å². The molecule has 0 saturated heterocycles. The summed E-state index contributed by atoms with van der Waals surface area (Å²) in [6.07, 6.45) is -0.696. The van der Waals surface area contributed by atoms with Gasteiger partial charge in [-0.3, -0.25) is 9.59 Å². The van der Waals surface area contributed by atoms with Crippen LogP contribution in [0.25, 0.3) is 0 Å². The first-order valence-corrected chi connectivity index (χ1v) is 8.82. The van der Waals surface area contributed by atoms with Crippen LogP contribution in [0.4, 0.5) is 5.00 Å². The monoisotopic (exact) mass is 444 g/mol. The van der Waals surface area contributed by atoms with Crippen LogP contribution >= 0.6 is 33.9 Å². The van der Waals surface area contributed by atoms with Gasteiger partial charge in [0.1, 0.15) is 10.8 Å². The molecule has 0 aliphatic rings. The lowest BCUT2D eigenvalue weighted by Crippen LogP contribution is -2.30. The number of anilines is 1. The number of primary amides is 1. The molecule has 2 rings (SSSR count). The van der Waals surface area contributed by atoms with E-state index in [0.717, 1.165) is 14.0 Å². The van der Waals surface area contributed by atoms with Crippen LogP contribution in [-0.4, -0.2) is 17.9 Å². The summed E-state index contributed by atoms with van der Waals surface area (Å²) >= 11 is 3.53. The number of rotatable bonds is 5. The number of thiophene rings is 1. The molecule has 0 bridgehead atoms. The van der Waals surface area contributed by atoms with E-state index in [1.54, 1.807) is 19.1 Å². The predicted molar refractivity (Wildman–Crippen MR) is 100 cm³/mol. The maximum absolute atomic E-state index is 12.3. The topological polar surface area (TPSA) is 81.4 Å². The van der Waals surface area contributed by atoms with Crippen LogP contribution in [0.5, 0.6) is 5.75 Å². The smallest absolute Gasteiger partial charge is 0.265 e. The maximum atomic E-state index is 12.3. The average Bonchev–Trinajstić information content (AvgIpc) is 2.76. The highest BCUT2D eigenvalue weighted by Gasteiger charge is 2.22. The number of hydrogen-bond acceptors (Lipinski definition) is 4. The second-order valence-corrected chi connectivity index (χ2v) is 7.53. The lowest BCUT2D eigenvalue weighted by molar-refractivity contribution is -0.122. The molecular weight excluding hydrogens is 427 g/mol. The number of nitrogens with two attached hydrogens (primary N) is 1. The summed E-state index contributed by atoms with van der Waals surface area (Å²) in [6.45, 7) is 5.35. The Hall–Kier alpha value is -1.61. The number of amides is 2. The highest BCUT2D eigenvalue weighted by atomic mass is 127. The Labute approximate surface area is 152 Å². The fraction of sp³-hybridized carbons (Fsp3) is 0.250. The van der Waals surface area contributed by atoms with Gasteiger partial charge in [0.25, 0.3) is 11.8 Å². The molecule has 122 valence electrons. The molecule has 2 amide bonds. The molecule has 0 saturated carbocycles. The lowest BCUT2D eigenvalue weighted by Gasteiger charge is -2.14. The molecule has 0 aliphatic carbocycles. The van der Waals surface area contributed by atoms with Crippen molar-refractivity contribution in [3.8, 4) is 5.75 Å². The van der Waals surface area contributed by atoms with E-state index in [1.165, 1.54) is 11.3 Å². The van der Waals surface area contributed by atoms with E-state index in [0.29, 0.717) is 16.3 Å². The minimum atomic E-state index is -0.696.